The zero-order valence-corrected chi connectivity index (χ0v) is 11.2. The van der Waals surface area contributed by atoms with Gasteiger partial charge in [-0.1, -0.05) is 6.07 Å². The van der Waals surface area contributed by atoms with Crippen molar-refractivity contribution in [2.45, 2.75) is 32.4 Å². The van der Waals surface area contributed by atoms with Gasteiger partial charge in [0.15, 0.2) is 11.5 Å². The molecule has 0 fully saturated rings. The van der Waals surface area contributed by atoms with E-state index < -0.39 is 6.04 Å². The van der Waals surface area contributed by atoms with Crippen molar-refractivity contribution in [3.8, 4) is 11.5 Å². The topological polar surface area (TPSA) is 95.6 Å². The predicted molar refractivity (Wildman–Crippen MR) is 72.0 cm³/mol. The van der Waals surface area contributed by atoms with Crippen LogP contribution in [0.3, 0.4) is 0 Å². The number of rotatable bonds is 4. The summed E-state index contributed by atoms with van der Waals surface area (Å²) in [6, 6.07) is 3.77. The summed E-state index contributed by atoms with van der Waals surface area (Å²) in [6.45, 7) is 3.72. The SMILES string of the molecule is CC(C)NC(=O)[C@@H](N)Cc1ccc(O)c(O)c1.Cl. The molecule has 18 heavy (non-hydrogen) atoms. The predicted octanol–water partition coefficient (Wildman–Crippen LogP) is 0.914. The molecule has 1 rings (SSSR count). The fourth-order valence-corrected chi connectivity index (χ4v) is 1.43. The van der Waals surface area contributed by atoms with E-state index in [9.17, 15) is 9.90 Å². The van der Waals surface area contributed by atoms with Crippen LogP contribution in [0.5, 0.6) is 11.5 Å². The second-order valence-corrected chi connectivity index (χ2v) is 4.30. The molecule has 5 nitrogen and oxygen atoms in total. The lowest BCUT2D eigenvalue weighted by Crippen LogP contribution is -2.44. The van der Waals surface area contributed by atoms with Crippen LogP contribution in [0, 0.1) is 0 Å². The number of phenols is 2. The molecular weight excluding hydrogens is 256 g/mol. The maximum Gasteiger partial charge on any atom is 0.237 e. The molecule has 102 valence electrons. The van der Waals surface area contributed by atoms with Crippen LogP contribution in [0.25, 0.3) is 0 Å². The Bertz CT molecular complexity index is 410. The molecule has 5 N–H and O–H groups in total. The quantitative estimate of drug-likeness (QED) is 0.614. The highest BCUT2D eigenvalue weighted by molar-refractivity contribution is 5.85. The summed E-state index contributed by atoms with van der Waals surface area (Å²) in [4.78, 5) is 11.6. The van der Waals surface area contributed by atoms with Crippen molar-refractivity contribution in [1.29, 1.82) is 0 Å². The van der Waals surface area contributed by atoms with E-state index in [4.69, 9.17) is 10.8 Å². The van der Waals surface area contributed by atoms with Gasteiger partial charge in [-0.3, -0.25) is 4.79 Å². The normalized spacial score (nSPS) is 11.8. The molecule has 0 heterocycles. The highest BCUT2D eigenvalue weighted by Gasteiger charge is 2.15. The van der Waals surface area contributed by atoms with Crippen LogP contribution in [-0.4, -0.2) is 28.2 Å². The molecule has 0 aliphatic heterocycles. The molecule has 0 spiro atoms. The van der Waals surface area contributed by atoms with Gasteiger partial charge < -0.3 is 21.3 Å². The molecule has 1 aromatic carbocycles. The Morgan fingerprint density at radius 3 is 2.44 bits per heavy atom. The zero-order chi connectivity index (χ0) is 13.0. The number of amides is 1. The summed E-state index contributed by atoms with van der Waals surface area (Å²) in [7, 11) is 0. The molecule has 1 amide bonds. The Balaban J connectivity index is 0.00000289. The van der Waals surface area contributed by atoms with Gasteiger partial charge in [0.2, 0.25) is 5.91 Å². The Labute approximate surface area is 112 Å². The lowest BCUT2D eigenvalue weighted by Gasteiger charge is -2.14. The number of benzene rings is 1. The van der Waals surface area contributed by atoms with Crippen LogP contribution < -0.4 is 11.1 Å². The summed E-state index contributed by atoms with van der Waals surface area (Å²) >= 11 is 0. The minimum atomic E-state index is -0.665. The van der Waals surface area contributed by atoms with E-state index >= 15 is 0 Å². The van der Waals surface area contributed by atoms with E-state index in [0.29, 0.717) is 12.0 Å². The Kier molecular flexibility index (Phi) is 6.51. The fraction of sp³-hybridized carbons (Fsp3) is 0.417. The Morgan fingerprint density at radius 1 is 1.33 bits per heavy atom. The summed E-state index contributed by atoms with van der Waals surface area (Å²) in [5.41, 5.74) is 6.43. The number of carbonyl (C=O) groups excluding carboxylic acids is 1. The van der Waals surface area contributed by atoms with Crippen molar-refractivity contribution in [3.05, 3.63) is 23.8 Å². The summed E-state index contributed by atoms with van der Waals surface area (Å²) in [5.74, 6) is -0.625. The van der Waals surface area contributed by atoms with Gasteiger partial charge in [0.05, 0.1) is 6.04 Å². The van der Waals surface area contributed by atoms with E-state index in [2.05, 4.69) is 5.32 Å². The van der Waals surface area contributed by atoms with Crippen molar-refractivity contribution in [1.82, 2.24) is 5.32 Å². The lowest BCUT2D eigenvalue weighted by molar-refractivity contribution is -0.122. The van der Waals surface area contributed by atoms with Crippen LogP contribution in [0.1, 0.15) is 19.4 Å². The van der Waals surface area contributed by atoms with Crippen LogP contribution in [0.15, 0.2) is 18.2 Å². The minimum absolute atomic E-state index is 0. The Hall–Kier alpha value is -1.46. The van der Waals surface area contributed by atoms with Crippen LogP contribution in [-0.2, 0) is 11.2 Å². The third kappa shape index (κ3) is 4.81. The molecule has 0 aromatic heterocycles. The second-order valence-electron chi connectivity index (χ2n) is 4.30. The molecule has 0 aliphatic rings. The van der Waals surface area contributed by atoms with Crippen molar-refractivity contribution in [3.63, 3.8) is 0 Å². The van der Waals surface area contributed by atoms with Crippen molar-refractivity contribution >= 4 is 18.3 Å². The van der Waals surface area contributed by atoms with Crippen LogP contribution in [0.4, 0.5) is 0 Å². The number of hydrogen-bond donors (Lipinski definition) is 4. The summed E-state index contributed by atoms with van der Waals surface area (Å²) < 4.78 is 0. The molecule has 0 radical (unpaired) electrons. The smallest absolute Gasteiger partial charge is 0.237 e. The minimum Gasteiger partial charge on any atom is -0.504 e. The molecule has 0 aliphatic carbocycles. The molecule has 0 saturated heterocycles. The first-order valence-electron chi connectivity index (χ1n) is 5.47. The number of carbonyl (C=O) groups is 1. The van der Waals surface area contributed by atoms with Crippen molar-refractivity contribution in [2.24, 2.45) is 5.73 Å². The molecule has 1 atom stereocenters. The molecule has 6 heteroatoms. The summed E-state index contributed by atoms with van der Waals surface area (Å²) in [5, 5.41) is 21.2. The third-order valence-corrected chi connectivity index (χ3v) is 2.26. The van der Waals surface area contributed by atoms with Crippen molar-refractivity contribution in [2.75, 3.05) is 0 Å². The van der Waals surface area contributed by atoms with E-state index in [-0.39, 0.29) is 35.9 Å². The highest BCUT2D eigenvalue weighted by atomic mass is 35.5. The highest BCUT2D eigenvalue weighted by Crippen LogP contribution is 2.25. The molecular formula is C12H19ClN2O3. The maximum absolute atomic E-state index is 11.6. The monoisotopic (exact) mass is 274 g/mol. The first-order valence-corrected chi connectivity index (χ1v) is 5.47. The van der Waals surface area contributed by atoms with E-state index in [1.807, 2.05) is 13.8 Å². The molecule has 1 aromatic rings. The molecule has 0 bridgehead atoms. The van der Waals surface area contributed by atoms with E-state index in [0.717, 1.165) is 0 Å². The van der Waals surface area contributed by atoms with Gasteiger partial charge in [-0.2, -0.15) is 0 Å². The summed E-state index contributed by atoms with van der Waals surface area (Å²) in [6.07, 6.45) is 0.312. The average Bonchev–Trinajstić information content (AvgIpc) is 2.22. The molecule has 0 unspecified atom stereocenters. The maximum atomic E-state index is 11.6. The first-order chi connectivity index (χ1) is 7.90. The van der Waals surface area contributed by atoms with Gasteiger partial charge in [-0.05, 0) is 38.0 Å². The first kappa shape index (κ1) is 16.5. The number of aromatic hydroxyl groups is 2. The van der Waals surface area contributed by atoms with E-state index in [1.165, 1.54) is 12.1 Å². The lowest BCUT2D eigenvalue weighted by atomic mass is 10.1. The van der Waals surface area contributed by atoms with Crippen LogP contribution in [0.2, 0.25) is 0 Å². The van der Waals surface area contributed by atoms with Gasteiger partial charge in [0.25, 0.3) is 0 Å². The fourth-order valence-electron chi connectivity index (χ4n) is 1.43. The van der Waals surface area contributed by atoms with Gasteiger partial charge in [-0.25, -0.2) is 0 Å². The second kappa shape index (κ2) is 7.08. The van der Waals surface area contributed by atoms with E-state index in [1.54, 1.807) is 6.07 Å². The number of nitrogens with two attached hydrogens (primary N) is 1. The Morgan fingerprint density at radius 2 is 1.94 bits per heavy atom. The number of halogens is 1. The largest absolute Gasteiger partial charge is 0.504 e. The van der Waals surface area contributed by atoms with Gasteiger partial charge in [0.1, 0.15) is 0 Å². The van der Waals surface area contributed by atoms with Gasteiger partial charge in [0, 0.05) is 6.04 Å². The third-order valence-electron chi connectivity index (χ3n) is 2.26. The van der Waals surface area contributed by atoms with Crippen molar-refractivity contribution < 1.29 is 15.0 Å². The zero-order valence-electron chi connectivity index (χ0n) is 10.4. The molecule has 0 saturated carbocycles. The van der Waals surface area contributed by atoms with Gasteiger partial charge in [-0.15, -0.1) is 12.4 Å². The number of nitrogens with one attached hydrogen (secondary N) is 1. The van der Waals surface area contributed by atoms with Crippen LogP contribution >= 0.6 is 12.4 Å². The average molecular weight is 275 g/mol. The number of phenolic OH excluding ortho intramolecular Hbond substituents is 2. The standard InChI is InChI=1S/C12H18N2O3.ClH/c1-7(2)14-12(17)9(13)5-8-3-4-10(15)11(16)6-8;/h3-4,6-7,9,15-16H,5,13H2,1-2H3,(H,14,17);1H/t9-;/m0./s1. The van der Waals surface area contributed by atoms with Gasteiger partial charge >= 0.3 is 0 Å². The number of hydrogen-bond acceptors (Lipinski definition) is 4.